The molecule has 1 rings (SSSR count). The fourth-order valence-corrected chi connectivity index (χ4v) is 0.421. The van der Waals surface area contributed by atoms with Crippen LogP contribution in [0.3, 0.4) is 0 Å². The summed E-state index contributed by atoms with van der Waals surface area (Å²) in [6.07, 6.45) is 1.00. The lowest BCUT2D eigenvalue weighted by molar-refractivity contribution is -0.389. The first-order chi connectivity index (χ1) is 4.20. The van der Waals surface area contributed by atoms with E-state index in [9.17, 15) is 14.9 Å². The molecule has 0 saturated heterocycles. The second-order valence-electron chi connectivity index (χ2n) is 1.39. The lowest BCUT2D eigenvalue weighted by Gasteiger charge is -1.83. The van der Waals surface area contributed by atoms with E-state index in [0.717, 1.165) is 6.20 Å². The van der Waals surface area contributed by atoms with Crippen LogP contribution in [0.1, 0.15) is 0 Å². The van der Waals surface area contributed by atoms with Crippen molar-refractivity contribution < 1.29 is 4.92 Å². The van der Waals surface area contributed by atoms with E-state index in [-0.39, 0.29) is 5.82 Å². The van der Waals surface area contributed by atoms with E-state index in [4.69, 9.17) is 0 Å². The average Bonchev–Trinajstić information content (AvgIpc) is 2.14. The van der Waals surface area contributed by atoms with Crippen molar-refractivity contribution in [3.05, 3.63) is 26.8 Å². The fraction of sp³-hybridized carbons (Fsp3) is 0. The van der Waals surface area contributed by atoms with Crippen LogP contribution in [-0.4, -0.2) is 14.9 Å². The van der Waals surface area contributed by atoms with Crippen LogP contribution >= 0.6 is 0 Å². The molecule has 9 heavy (non-hydrogen) atoms. The minimum Gasteiger partial charge on any atom is -0.358 e. The SMILES string of the molecule is O=c1[nH]cc([N+](=O)[O-])[nH]1. The van der Waals surface area contributed by atoms with Crippen LogP contribution in [0.15, 0.2) is 11.0 Å². The molecule has 48 valence electrons. The van der Waals surface area contributed by atoms with E-state index >= 15 is 0 Å². The predicted molar refractivity (Wildman–Crippen MR) is 28.1 cm³/mol. The van der Waals surface area contributed by atoms with Crippen molar-refractivity contribution in [2.24, 2.45) is 0 Å². The van der Waals surface area contributed by atoms with Gasteiger partial charge in [-0.25, -0.2) is 4.79 Å². The number of hydrogen-bond acceptors (Lipinski definition) is 3. The van der Waals surface area contributed by atoms with Gasteiger partial charge in [0.05, 0.1) is 0 Å². The van der Waals surface area contributed by atoms with Gasteiger partial charge in [-0.2, -0.15) is 4.98 Å². The van der Waals surface area contributed by atoms with Gasteiger partial charge < -0.3 is 10.1 Å². The quantitative estimate of drug-likeness (QED) is 0.399. The molecule has 1 aromatic heterocycles. The fourth-order valence-electron chi connectivity index (χ4n) is 0.421. The summed E-state index contributed by atoms with van der Waals surface area (Å²) < 4.78 is 0. The zero-order valence-corrected chi connectivity index (χ0v) is 4.25. The molecule has 1 aromatic rings. The second kappa shape index (κ2) is 1.73. The Hall–Kier alpha value is -1.59. The highest BCUT2D eigenvalue weighted by atomic mass is 16.6. The number of hydrogen-bond donors (Lipinski definition) is 2. The molecule has 1 heterocycles. The Morgan fingerprint density at radius 2 is 2.33 bits per heavy atom. The molecule has 6 nitrogen and oxygen atoms in total. The molecule has 0 aliphatic carbocycles. The van der Waals surface area contributed by atoms with Crippen molar-refractivity contribution in [1.29, 1.82) is 0 Å². The molecular formula is C3H3N3O3. The Morgan fingerprint density at radius 1 is 1.67 bits per heavy atom. The Kier molecular flexibility index (Phi) is 1.07. The maximum atomic E-state index is 10.2. The second-order valence-corrected chi connectivity index (χ2v) is 1.39. The van der Waals surface area contributed by atoms with Crippen molar-refractivity contribution in [3.8, 4) is 0 Å². The first kappa shape index (κ1) is 5.54. The Morgan fingerprint density at radius 3 is 2.56 bits per heavy atom. The van der Waals surface area contributed by atoms with E-state index in [1.165, 1.54) is 0 Å². The van der Waals surface area contributed by atoms with Crippen LogP contribution in [-0.2, 0) is 0 Å². The van der Waals surface area contributed by atoms with Gasteiger partial charge in [0.25, 0.3) is 0 Å². The minimum atomic E-state index is -0.683. The van der Waals surface area contributed by atoms with Gasteiger partial charge >= 0.3 is 11.5 Å². The maximum Gasteiger partial charge on any atom is 0.411 e. The molecular weight excluding hydrogens is 126 g/mol. The summed E-state index contributed by atoms with van der Waals surface area (Å²) in [5.41, 5.74) is -0.568. The number of aromatic amines is 2. The van der Waals surface area contributed by atoms with Gasteiger partial charge in [-0.3, -0.25) is 4.98 Å². The molecule has 0 spiro atoms. The van der Waals surface area contributed by atoms with Crippen LogP contribution in [0, 0.1) is 10.1 Å². The molecule has 0 aliphatic heterocycles. The van der Waals surface area contributed by atoms with Gasteiger partial charge in [0, 0.05) is 0 Å². The van der Waals surface area contributed by atoms with Gasteiger partial charge in [-0.15, -0.1) is 0 Å². The molecule has 0 fully saturated rings. The van der Waals surface area contributed by atoms with Gasteiger partial charge in [-0.1, -0.05) is 0 Å². The van der Waals surface area contributed by atoms with Gasteiger partial charge in [-0.05, 0) is 4.92 Å². The van der Waals surface area contributed by atoms with E-state index in [1.807, 2.05) is 4.98 Å². The number of nitro groups is 1. The van der Waals surface area contributed by atoms with Crippen molar-refractivity contribution >= 4 is 5.82 Å². The molecule has 0 amide bonds. The summed E-state index contributed by atoms with van der Waals surface area (Å²) in [6.45, 7) is 0. The maximum absolute atomic E-state index is 10.2. The van der Waals surface area contributed by atoms with Gasteiger partial charge in [0.2, 0.25) is 0 Å². The number of nitrogens with zero attached hydrogens (tertiary/aromatic N) is 1. The van der Waals surface area contributed by atoms with Crippen LogP contribution in [0.2, 0.25) is 0 Å². The standard InChI is InChI=1S/C3H3N3O3/c7-3-4-1-2(5-3)6(8)9/h1H,(H2,4,5,7). The zero-order valence-electron chi connectivity index (χ0n) is 4.25. The normalized spacial score (nSPS) is 9.33. The average molecular weight is 129 g/mol. The summed E-state index contributed by atoms with van der Waals surface area (Å²) in [6, 6.07) is 0. The largest absolute Gasteiger partial charge is 0.411 e. The Bertz CT molecular complexity index is 272. The van der Waals surface area contributed by atoms with Crippen molar-refractivity contribution in [3.63, 3.8) is 0 Å². The molecule has 0 aromatic carbocycles. The Labute approximate surface area is 48.7 Å². The Balaban J connectivity index is 3.12. The number of rotatable bonds is 1. The first-order valence-electron chi connectivity index (χ1n) is 2.12. The van der Waals surface area contributed by atoms with Gasteiger partial charge in [0.15, 0.2) is 0 Å². The third kappa shape index (κ3) is 0.958. The summed E-state index contributed by atoms with van der Waals surface area (Å²) >= 11 is 0. The number of imidazole rings is 1. The van der Waals surface area contributed by atoms with Crippen molar-refractivity contribution in [2.75, 3.05) is 0 Å². The first-order valence-corrected chi connectivity index (χ1v) is 2.12. The highest BCUT2D eigenvalue weighted by Gasteiger charge is 2.03. The predicted octanol–water partition coefficient (Wildman–Crippen LogP) is -0.389. The smallest absolute Gasteiger partial charge is 0.358 e. The summed E-state index contributed by atoms with van der Waals surface area (Å²) in [5, 5.41) is 9.83. The molecule has 0 atom stereocenters. The summed E-state index contributed by atoms with van der Waals surface area (Å²) in [4.78, 5) is 23.4. The van der Waals surface area contributed by atoms with Crippen molar-refractivity contribution in [2.45, 2.75) is 0 Å². The van der Waals surface area contributed by atoms with Crippen LogP contribution < -0.4 is 5.69 Å². The lowest BCUT2D eigenvalue weighted by atomic mass is 10.8. The van der Waals surface area contributed by atoms with Crippen LogP contribution in [0.25, 0.3) is 0 Å². The third-order valence-electron chi connectivity index (χ3n) is 0.778. The highest BCUT2D eigenvalue weighted by molar-refractivity contribution is 5.10. The van der Waals surface area contributed by atoms with Gasteiger partial charge in [0.1, 0.15) is 6.20 Å². The number of H-pyrrole nitrogens is 2. The molecule has 0 saturated carbocycles. The monoisotopic (exact) mass is 129 g/mol. The zero-order chi connectivity index (χ0) is 6.85. The topological polar surface area (TPSA) is 91.8 Å². The molecule has 6 heteroatoms. The summed E-state index contributed by atoms with van der Waals surface area (Å²) in [5.74, 6) is -0.319. The van der Waals surface area contributed by atoms with E-state index in [0.29, 0.717) is 0 Å². The molecule has 2 N–H and O–H groups in total. The minimum absolute atomic E-state index is 0.319. The lowest BCUT2D eigenvalue weighted by Crippen LogP contribution is -2.00. The van der Waals surface area contributed by atoms with Crippen LogP contribution in [0.5, 0.6) is 0 Å². The van der Waals surface area contributed by atoms with E-state index < -0.39 is 10.6 Å². The van der Waals surface area contributed by atoms with E-state index in [1.54, 1.807) is 0 Å². The molecule has 0 aliphatic rings. The van der Waals surface area contributed by atoms with Crippen molar-refractivity contribution in [1.82, 2.24) is 9.97 Å². The number of nitrogens with one attached hydrogen (secondary N) is 2. The van der Waals surface area contributed by atoms with Crippen LogP contribution in [0.4, 0.5) is 5.82 Å². The van der Waals surface area contributed by atoms with E-state index in [2.05, 4.69) is 4.98 Å². The molecule has 0 bridgehead atoms. The molecule has 0 radical (unpaired) electrons. The highest BCUT2D eigenvalue weighted by Crippen LogP contribution is 1.96. The molecule has 0 unspecified atom stereocenters. The summed E-state index contributed by atoms with van der Waals surface area (Å²) in [7, 11) is 0. The third-order valence-corrected chi connectivity index (χ3v) is 0.778. The number of aromatic nitrogens is 2.